The van der Waals surface area contributed by atoms with E-state index in [1.807, 2.05) is 13.8 Å². The molecule has 1 fully saturated rings. The number of sulfone groups is 1. The Bertz CT molecular complexity index is 312. The first kappa shape index (κ1) is 14.9. The summed E-state index contributed by atoms with van der Waals surface area (Å²) in [6.07, 6.45) is 4.55. The molecule has 0 amide bonds. The van der Waals surface area contributed by atoms with E-state index in [0.717, 1.165) is 6.54 Å². The molecule has 0 aromatic heterocycles. The molecule has 17 heavy (non-hydrogen) atoms. The first-order valence-corrected chi connectivity index (χ1v) is 8.56. The minimum absolute atomic E-state index is 0.169. The summed E-state index contributed by atoms with van der Waals surface area (Å²) in [5, 5.41) is 3.37. The van der Waals surface area contributed by atoms with Gasteiger partial charge in [-0.1, -0.05) is 6.92 Å². The predicted molar refractivity (Wildman–Crippen MR) is 69.9 cm³/mol. The third-order valence-corrected chi connectivity index (χ3v) is 4.09. The van der Waals surface area contributed by atoms with E-state index < -0.39 is 9.84 Å². The first-order valence-electron chi connectivity index (χ1n) is 6.50. The second-order valence-electron chi connectivity index (χ2n) is 4.84. The molecule has 0 saturated heterocycles. The van der Waals surface area contributed by atoms with Gasteiger partial charge in [0.05, 0.1) is 11.9 Å². The highest BCUT2D eigenvalue weighted by atomic mass is 32.2. The van der Waals surface area contributed by atoms with Crippen LogP contribution in [0.2, 0.25) is 0 Å². The van der Waals surface area contributed by atoms with Gasteiger partial charge >= 0.3 is 0 Å². The van der Waals surface area contributed by atoms with Gasteiger partial charge in [0.15, 0.2) is 0 Å². The molecule has 2 unspecified atom stereocenters. The summed E-state index contributed by atoms with van der Waals surface area (Å²) in [5.41, 5.74) is 0. The number of likely N-dealkylation sites (N-methyl/N-ethyl adjacent to an activating group) is 1. The number of hydrogen-bond acceptors (Lipinski definition) is 4. The molecule has 0 spiro atoms. The quantitative estimate of drug-likeness (QED) is 0.679. The Morgan fingerprint density at radius 3 is 2.41 bits per heavy atom. The van der Waals surface area contributed by atoms with Crippen LogP contribution in [0.3, 0.4) is 0 Å². The molecule has 0 aromatic carbocycles. The van der Waals surface area contributed by atoms with E-state index in [-0.39, 0.29) is 17.9 Å². The van der Waals surface area contributed by atoms with Crippen molar-refractivity contribution in [2.24, 2.45) is 5.92 Å². The fourth-order valence-corrected chi connectivity index (χ4v) is 2.87. The fourth-order valence-electron chi connectivity index (χ4n) is 2.18. The molecule has 102 valence electrons. The zero-order chi connectivity index (χ0) is 12.9. The Balaban J connectivity index is 2.54. The van der Waals surface area contributed by atoms with Crippen LogP contribution in [0.15, 0.2) is 0 Å². The van der Waals surface area contributed by atoms with Crippen molar-refractivity contribution in [2.75, 3.05) is 25.2 Å². The third kappa shape index (κ3) is 5.84. The van der Waals surface area contributed by atoms with Crippen LogP contribution in [0, 0.1) is 5.92 Å². The Labute approximate surface area is 105 Å². The van der Waals surface area contributed by atoms with Crippen molar-refractivity contribution in [2.45, 2.75) is 45.3 Å². The molecular weight excluding hydrogens is 238 g/mol. The van der Waals surface area contributed by atoms with Crippen LogP contribution < -0.4 is 5.32 Å². The molecule has 0 bridgehead atoms. The smallest absolute Gasteiger partial charge is 0.147 e. The van der Waals surface area contributed by atoms with Crippen LogP contribution >= 0.6 is 0 Å². The zero-order valence-electron chi connectivity index (χ0n) is 11.1. The maximum absolute atomic E-state index is 11.2. The van der Waals surface area contributed by atoms with Crippen molar-refractivity contribution >= 4 is 9.84 Å². The Hall–Kier alpha value is -0.130. The molecule has 0 radical (unpaired) electrons. The molecule has 2 atom stereocenters. The van der Waals surface area contributed by atoms with Gasteiger partial charge < -0.3 is 10.1 Å². The predicted octanol–water partition coefficient (Wildman–Crippen LogP) is 1.21. The van der Waals surface area contributed by atoms with Gasteiger partial charge in [0, 0.05) is 18.9 Å². The van der Waals surface area contributed by atoms with Gasteiger partial charge in [0.1, 0.15) is 9.84 Å². The number of rotatable bonds is 9. The molecule has 1 rings (SSSR count). The molecule has 1 aliphatic rings. The van der Waals surface area contributed by atoms with Crippen molar-refractivity contribution in [3.8, 4) is 0 Å². The van der Waals surface area contributed by atoms with E-state index in [2.05, 4.69) is 5.32 Å². The zero-order valence-corrected chi connectivity index (χ0v) is 11.9. The van der Waals surface area contributed by atoms with Crippen molar-refractivity contribution in [3.63, 3.8) is 0 Å². The average Bonchev–Trinajstić information content (AvgIpc) is 3.03. The Morgan fingerprint density at radius 2 is 2.00 bits per heavy atom. The van der Waals surface area contributed by atoms with E-state index in [4.69, 9.17) is 4.74 Å². The van der Waals surface area contributed by atoms with E-state index in [1.165, 1.54) is 19.1 Å². The summed E-state index contributed by atoms with van der Waals surface area (Å²) >= 11 is 0. The largest absolute Gasteiger partial charge is 0.377 e. The van der Waals surface area contributed by atoms with Crippen LogP contribution in [-0.4, -0.2) is 45.7 Å². The number of ether oxygens (including phenoxy) is 1. The SMILES string of the molecule is CCNC(CCS(C)(=O)=O)C(OCC)C1CC1. The Morgan fingerprint density at radius 1 is 1.35 bits per heavy atom. The molecule has 0 aliphatic heterocycles. The fraction of sp³-hybridized carbons (Fsp3) is 1.00. The summed E-state index contributed by atoms with van der Waals surface area (Å²) in [6.45, 7) is 5.59. The van der Waals surface area contributed by atoms with Crippen molar-refractivity contribution in [1.29, 1.82) is 0 Å². The van der Waals surface area contributed by atoms with Gasteiger partial charge in [-0.25, -0.2) is 8.42 Å². The summed E-state index contributed by atoms with van der Waals surface area (Å²) in [7, 11) is -2.89. The molecule has 0 heterocycles. The second-order valence-corrected chi connectivity index (χ2v) is 7.10. The van der Waals surface area contributed by atoms with Crippen LogP contribution in [0.5, 0.6) is 0 Å². The molecular formula is C12H25NO3S. The normalized spacial score (nSPS) is 20.2. The standard InChI is InChI=1S/C12H25NO3S/c1-4-13-11(8-9-17(3,14)15)12(16-5-2)10-6-7-10/h10-13H,4-9H2,1-3H3. The summed E-state index contributed by atoms with van der Waals surface area (Å²) in [4.78, 5) is 0. The van der Waals surface area contributed by atoms with Crippen molar-refractivity contribution in [3.05, 3.63) is 0 Å². The monoisotopic (exact) mass is 263 g/mol. The van der Waals surface area contributed by atoms with Gasteiger partial charge in [-0.3, -0.25) is 0 Å². The van der Waals surface area contributed by atoms with E-state index in [1.54, 1.807) is 0 Å². The molecule has 4 nitrogen and oxygen atoms in total. The van der Waals surface area contributed by atoms with Gasteiger partial charge in [0.2, 0.25) is 0 Å². The summed E-state index contributed by atoms with van der Waals surface area (Å²) in [5.74, 6) is 0.861. The maximum Gasteiger partial charge on any atom is 0.147 e. The highest BCUT2D eigenvalue weighted by Crippen LogP contribution is 2.36. The molecule has 1 aliphatic carbocycles. The third-order valence-electron chi connectivity index (χ3n) is 3.11. The van der Waals surface area contributed by atoms with Crippen LogP contribution in [0.1, 0.15) is 33.1 Å². The Kier molecular flexibility index (Phi) is 5.89. The minimum Gasteiger partial charge on any atom is -0.377 e. The van der Waals surface area contributed by atoms with Gasteiger partial charge in [0.25, 0.3) is 0 Å². The highest BCUT2D eigenvalue weighted by Gasteiger charge is 2.37. The lowest BCUT2D eigenvalue weighted by Gasteiger charge is -2.27. The van der Waals surface area contributed by atoms with Crippen molar-refractivity contribution in [1.82, 2.24) is 5.32 Å². The van der Waals surface area contributed by atoms with Crippen LogP contribution in [0.4, 0.5) is 0 Å². The van der Waals surface area contributed by atoms with Gasteiger partial charge in [-0.05, 0) is 38.6 Å². The molecule has 1 saturated carbocycles. The van der Waals surface area contributed by atoms with Crippen LogP contribution in [-0.2, 0) is 14.6 Å². The van der Waals surface area contributed by atoms with E-state index in [0.29, 0.717) is 18.9 Å². The highest BCUT2D eigenvalue weighted by molar-refractivity contribution is 7.90. The molecule has 1 N–H and O–H groups in total. The van der Waals surface area contributed by atoms with Crippen molar-refractivity contribution < 1.29 is 13.2 Å². The molecule has 5 heteroatoms. The topological polar surface area (TPSA) is 55.4 Å². The lowest BCUT2D eigenvalue weighted by molar-refractivity contribution is 0.0188. The van der Waals surface area contributed by atoms with E-state index in [9.17, 15) is 8.42 Å². The van der Waals surface area contributed by atoms with Crippen LogP contribution in [0.25, 0.3) is 0 Å². The molecule has 0 aromatic rings. The summed E-state index contributed by atoms with van der Waals surface area (Å²) in [6, 6.07) is 0.169. The number of hydrogen-bond donors (Lipinski definition) is 1. The lowest BCUT2D eigenvalue weighted by Crippen LogP contribution is -2.43. The van der Waals surface area contributed by atoms with Gasteiger partial charge in [-0.2, -0.15) is 0 Å². The average molecular weight is 263 g/mol. The number of nitrogens with one attached hydrogen (secondary N) is 1. The second kappa shape index (κ2) is 6.71. The first-order chi connectivity index (χ1) is 7.98. The lowest BCUT2D eigenvalue weighted by atomic mass is 10.0. The minimum atomic E-state index is -2.89. The summed E-state index contributed by atoms with van der Waals surface area (Å²) < 4.78 is 28.3. The van der Waals surface area contributed by atoms with Gasteiger partial charge in [-0.15, -0.1) is 0 Å². The van der Waals surface area contributed by atoms with E-state index >= 15 is 0 Å². The maximum atomic E-state index is 11.2.